The van der Waals surface area contributed by atoms with Crippen molar-refractivity contribution in [2.45, 2.75) is 33.4 Å². The van der Waals surface area contributed by atoms with E-state index in [0.717, 1.165) is 17.1 Å². The summed E-state index contributed by atoms with van der Waals surface area (Å²) in [6, 6.07) is 7.37. The number of hydrogen-bond acceptors (Lipinski definition) is 5. The smallest absolute Gasteiger partial charge is 0.271 e. The Morgan fingerprint density at radius 1 is 1.38 bits per heavy atom. The summed E-state index contributed by atoms with van der Waals surface area (Å²) in [5, 5.41) is 14.2. The number of aryl methyl sites for hydroxylation is 2. The van der Waals surface area contributed by atoms with Gasteiger partial charge in [0.25, 0.3) is 5.91 Å². The largest absolute Gasteiger partial charge is 0.487 e. The molecule has 0 saturated heterocycles. The Labute approximate surface area is 151 Å². The maximum absolute atomic E-state index is 12.3. The summed E-state index contributed by atoms with van der Waals surface area (Å²) >= 11 is 0. The average Bonchev–Trinajstić information content (AvgIpc) is 3.20. The van der Waals surface area contributed by atoms with E-state index in [1.165, 1.54) is 0 Å². The number of carbonyl (C=O) groups is 1. The van der Waals surface area contributed by atoms with Crippen molar-refractivity contribution in [2.24, 2.45) is 0 Å². The molecule has 136 valence electrons. The molecule has 0 bridgehead atoms. The van der Waals surface area contributed by atoms with E-state index in [9.17, 15) is 4.79 Å². The van der Waals surface area contributed by atoms with Crippen molar-refractivity contribution in [3.8, 4) is 5.75 Å². The predicted molar refractivity (Wildman–Crippen MR) is 96.1 cm³/mol. The second kappa shape index (κ2) is 7.81. The van der Waals surface area contributed by atoms with E-state index in [0.29, 0.717) is 24.5 Å². The molecule has 1 unspecified atom stereocenters. The topological polar surface area (TPSA) is 97.7 Å². The minimum atomic E-state index is -0.248. The van der Waals surface area contributed by atoms with Gasteiger partial charge in [-0.1, -0.05) is 0 Å². The van der Waals surface area contributed by atoms with Gasteiger partial charge in [-0.2, -0.15) is 10.2 Å². The van der Waals surface area contributed by atoms with Crippen LogP contribution in [0.4, 0.5) is 0 Å². The Kier molecular flexibility index (Phi) is 5.31. The van der Waals surface area contributed by atoms with Gasteiger partial charge in [0.1, 0.15) is 17.5 Å². The van der Waals surface area contributed by atoms with Crippen LogP contribution in [0.2, 0.25) is 0 Å². The fraction of sp³-hybridized carbons (Fsp3) is 0.333. The van der Waals surface area contributed by atoms with E-state index in [-0.39, 0.29) is 12.0 Å². The van der Waals surface area contributed by atoms with Gasteiger partial charge >= 0.3 is 0 Å². The van der Waals surface area contributed by atoms with Gasteiger partial charge in [0.15, 0.2) is 0 Å². The fourth-order valence-corrected chi connectivity index (χ4v) is 2.57. The standard InChI is InChI=1S/C18H22N6O2/c1-12-7-13(2)24(23-12)11-15-8-17(22-21-15)18(25)20-9-14(3)26-16-5-4-6-19-10-16/h4-8,10,14H,9,11H2,1-3H3,(H,20,25)(H,21,22). The highest BCUT2D eigenvalue weighted by molar-refractivity contribution is 5.92. The first-order valence-corrected chi connectivity index (χ1v) is 8.41. The number of nitrogens with zero attached hydrogens (tertiary/aromatic N) is 4. The number of aromatic nitrogens is 5. The number of nitrogens with one attached hydrogen (secondary N) is 2. The second-order valence-corrected chi connectivity index (χ2v) is 6.19. The highest BCUT2D eigenvalue weighted by atomic mass is 16.5. The lowest BCUT2D eigenvalue weighted by atomic mass is 10.3. The number of ether oxygens (including phenoxy) is 1. The van der Waals surface area contributed by atoms with Crippen LogP contribution in [0.1, 0.15) is 34.5 Å². The van der Waals surface area contributed by atoms with Crippen LogP contribution in [0.15, 0.2) is 36.7 Å². The first-order chi connectivity index (χ1) is 12.5. The maximum atomic E-state index is 12.3. The first-order valence-electron chi connectivity index (χ1n) is 8.41. The molecule has 0 fully saturated rings. The molecule has 0 radical (unpaired) electrons. The summed E-state index contributed by atoms with van der Waals surface area (Å²) < 4.78 is 7.55. The zero-order valence-electron chi connectivity index (χ0n) is 15.1. The van der Waals surface area contributed by atoms with E-state index in [1.807, 2.05) is 37.6 Å². The van der Waals surface area contributed by atoms with E-state index in [4.69, 9.17) is 4.74 Å². The predicted octanol–water partition coefficient (Wildman–Crippen LogP) is 1.86. The molecule has 0 aliphatic carbocycles. The van der Waals surface area contributed by atoms with Gasteiger partial charge in [0, 0.05) is 11.9 Å². The number of H-pyrrole nitrogens is 1. The number of amides is 1. The molecule has 0 aliphatic heterocycles. The summed E-state index contributed by atoms with van der Waals surface area (Å²) in [4.78, 5) is 16.2. The monoisotopic (exact) mass is 354 g/mol. The number of hydrogen-bond donors (Lipinski definition) is 2. The minimum Gasteiger partial charge on any atom is -0.487 e. The SMILES string of the molecule is Cc1cc(C)n(Cc2cc(C(=O)NCC(C)Oc3cccnc3)n[nH]2)n1. The summed E-state index contributed by atoms with van der Waals surface area (Å²) in [7, 11) is 0. The molecule has 0 saturated carbocycles. The van der Waals surface area contributed by atoms with Crippen LogP contribution >= 0.6 is 0 Å². The van der Waals surface area contributed by atoms with E-state index in [2.05, 4.69) is 25.6 Å². The lowest BCUT2D eigenvalue weighted by Gasteiger charge is -2.14. The summed E-state index contributed by atoms with van der Waals surface area (Å²) in [6.45, 7) is 6.73. The molecule has 3 heterocycles. The summed E-state index contributed by atoms with van der Waals surface area (Å²) in [5.74, 6) is 0.420. The third kappa shape index (κ3) is 4.47. The molecule has 0 aliphatic rings. The summed E-state index contributed by atoms with van der Waals surface area (Å²) in [6.07, 6.45) is 3.13. The maximum Gasteiger partial charge on any atom is 0.271 e. The average molecular weight is 354 g/mol. The fourth-order valence-electron chi connectivity index (χ4n) is 2.57. The van der Waals surface area contributed by atoms with Crippen molar-refractivity contribution in [1.82, 2.24) is 30.3 Å². The van der Waals surface area contributed by atoms with Gasteiger partial charge in [0.05, 0.1) is 30.7 Å². The van der Waals surface area contributed by atoms with Crippen LogP contribution in [-0.4, -0.2) is 43.5 Å². The van der Waals surface area contributed by atoms with E-state index >= 15 is 0 Å². The van der Waals surface area contributed by atoms with Crippen LogP contribution in [-0.2, 0) is 6.54 Å². The Hall–Kier alpha value is -3.16. The third-order valence-electron chi connectivity index (χ3n) is 3.81. The molecule has 26 heavy (non-hydrogen) atoms. The molecule has 3 aromatic rings. The van der Waals surface area contributed by atoms with Crippen molar-refractivity contribution < 1.29 is 9.53 Å². The van der Waals surface area contributed by atoms with Crippen LogP contribution in [0.5, 0.6) is 5.75 Å². The first kappa shape index (κ1) is 17.7. The van der Waals surface area contributed by atoms with Crippen molar-refractivity contribution in [2.75, 3.05) is 6.54 Å². The Morgan fingerprint density at radius 2 is 2.23 bits per heavy atom. The van der Waals surface area contributed by atoms with Gasteiger partial charge in [-0.05, 0) is 45.0 Å². The molecule has 8 heteroatoms. The molecular formula is C18H22N6O2. The van der Waals surface area contributed by atoms with Crippen LogP contribution < -0.4 is 10.1 Å². The Balaban J connectivity index is 1.52. The molecule has 2 N–H and O–H groups in total. The quantitative estimate of drug-likeness (QED) is 0.675. The summed E-state index contributed by atoms with van der Waals surface area (Å²) in [5.41, 5.74) is 3.18. The van der Waals surface area contributed by atoms with Gasteiger partial charge in [-0.3, -0.25) is 19.6 Å². The lowest BCUT2D eigenvalue weighted by molar-refractivity contribution is 0.0927. The van der Waals surface area contributed by atoms with Crippen molar-refractivity contribution in [3.63, 3.8) is 0 Å². The lowest BCUT2D eigenvalue weighted by Crippen LogP contribution is -2.33. The third-order valence-corrected chi connectivity index (χ3v) is 3.81. The molecule has 0 aromatic carbocycles. The van der Waals surface area contributed by atoms with Crippen LogP contribution in [0, 0.1) is 13.8 Å². The highest BCUT2D eigenvalue weighted by Gasteiger charge is 2.13. The Morgan fingerprint density at radius 3 is 2.92 bits per heavy atom. The molecule has 3 aromatic heterocycles. The van der Waals surface area contributed by atoms with Gasteiger partial charge < -0.3 is 10.1 Å². The molecule has 1 atom stereocenters. The van der Waals surface area contributed by atoms with E-state index < -0.39 is 0 Å². The number of carbonyl (C=O) groups excluding carboxylic acids is 1. The minimum absolute atomic E-state index is 0.184. The molecular weight excluding hydrogens is 332 g/mol. The van der Waals surface area contributed by atoms with Crippen molar-refractivity contribution >= 4 is 5.91 Å². The number of aromatic amines is 1. The zero-order valence-corrected chi connectivity index (χ0v) is 15.1. The molecule has 8 nitrogen and oxygen atoms in total. The van der Waals surface area contributed by atoms with Gasteiger partial charge in [-0.15, -0.1) is 0 Å². The second-order valence-electron chi connectivity index (χ2n) is 6.19. The zero-order chi connectivity index (χ0) is 18.5. The Bertz CT molecular complexity index is 871. The van der Waals surface area contributed by atoms with Crippen molar-refractivity contribution in [1.29, 1.82) is 0 Å². The van der Waals surface area contributed by atoms with Crippen LogP contribution in [0.25, 0.3) is 0 Å². The van der Waals surface area contributed by atoms with Crippen molar-refractivity contribution in [3.05, 3.63) is 59.4 Å². The van der Waals surface area contributed by atoms with Gasteiger partial charge in [0.2, 0.25) is 0 Å². The van der Waals surface area contributed by atoms with E-state index in [1.54, 1.807) is 24.5 Å². The van der Waals surface area contributed by atoms with Gasteiger partial charge in [-0.25, -0.2) is 0 Å². The molecule has 0 spiro atoms. The number of pyridine rings is 1. The number of rotatable bonds is 7. The molecule has 1 amide bonds. The highest BCUT2D eigenvalue weighted by Crippen LogP contribution is 2.09. The van der Waals surface area contributed by atoms with Crippen LogP contribution in [0.3, 0.4) is 0 Å². The normalized spacial score (nSPS) is 12.0. The molecule has 3 rings (SSSR count).